The van der Waals surface area contributed by atoms with Crippen molar-refractivity contribution in [2.45, 2.75) is 19.8 Å². The van der Waals surface area contributed by atoms with Gasteiger partial charge in [-0.1, -0.05) is 28.1 Å². The smallest absolute Gasteiger partial charge is 0.127 e. The zero-order valence-corrected chi connectivity index (χ0v) is 8.99. The van der Waals surface area contributed by atoms with Crippen LogP contribution in [0.15, 0.2) is 18.2 Å². The maximum atomic E-state index is 13.5. The van der Waals surface area contributed by atoms with Crippen LogP contribution in [0.4, 0.5) is 4.39 Å². The normalized spacial score (nSPS) is 15.2. The number of fused-ring (bicyclic) bond motifs is 1. The number of rotatable bonds is 0. The number of aryl methyl sites for hydroxylation is 1. The zero-order chi connectivity index (χ0) is 9.42. The molecule has 0 bridgehead atoms. The van der Waals surface area contributed by atoms with Crippen molar-refractivity contribution < 1.29 is 4.39 Å². The summed E-state index contributed by atoms with van der Waals surface area (Å²) in [5.41, 5.74) is 2.84. The second-order valence-corrected chi connectivity index (χ2v) is 4.22. The SMILES string of the molecule is Cc1cc(F)c2c(c1)C(Br)=CCC2. The summed E-state index contributed by atoms with van der Waals surface area (Å²) in [5, 5.41) is 0. The Hall–Kier alpha value is -0.630. The van der Waals surface area contributed by atoms with Crippen LogP contribution < -0.4 is 0 Å². The quantitative estimate of drug-likeness (QED) is 0.647. The molecule has 0 heterocycles. The van der Waals surface area contributed by atoms with Crippen molar-refractivity contribution >= 4 is 20.4 Å². The Morgan fingerprint density at radius 1 is 1.38 bits per heavy atom. The maximum Gasteiger partial charge on any atom is 0.127 e. The molecule has 2 heteroatoms. The number of hydrogen-bond acceptors (Lipinski definition) is 0. The van der Waals surface area contributed by atoms with Gasteiger partial charge in [-0.05, 0) is 42.5 Å². The van der Waals surface area contributed by atoms with E-state index in [1.165, 1.54) is 0 Å². The third kappa shape index (κ3) is 1.55. The molecule has 0 spiro atoms. The number of halogens is 2. The lowest BCUT2D eigenvalue weighted by molar-refractivity contribution is 0.606. The van der Waals surface area contributed by atoms with E-state index in [9.17, 15) is 4.39 Å². The molecule has 1 aromatic rings. The third-order valence-electron chi connectivity index (χ3n) is 2.32. The van der Waals surface area contributed by atoms with Crippen LogP contribution >= 0.6 is 15.9 Å². The summed E-state index contributed by atoms with van der Waals surface area (Å²) in [7, 11) is 0. The number of allylic oxidation sites excluding steroid dienone is 1. The predicted octanol–water partition coefficient (Wildman–Crippen LogP) is 3.82. The molecule has 0 N–H and O–H groups in total. The Labute approximate surface area is 85.6 Å². The Balaban J connectivity index is 2.66. The molecular weight excluding hydrogens is 231 g/mol. The minimum atomic E-state index is -0.0694. The van der Waals surface area contributed by atoms with Crippen molar-refractivity contribution in [2.24, 2.45) is 0 Å². The van der Waals surface area contributed by atoms with Gasteiger partial charge in [0.15, 0.2) is 0 Å². The molecule has 2 rings (SSSR count). The van der Waals surface area contributed by atoms with Crippen molar-refractivity contribution in [1.29, 1.82) is 0 Å². The van der Waals surface area contributed by atoms with Crippen LogP contribution in [0.3, 0.4) is 0 Å². The van der Waals surface area contributed by atoms with E-state index in [2.05, 4.69) is 22.0 Å². The fourth-order valence-electron chi connectivity index (χ4n) is 1.69. The highest BCUT2D eigenvalue weighted by atomic mass is 79.9. The predicted molar refractivity (Wildman–Crippen MR) is 56.4 cm³/mol. The third-order valence-corrected chi connectivity index (χ3v) is 3.07. The van der Waals surface area contributed by atoms with Gasteiger partial charge in [-0.2, -0.15) is 0 Å². The lowest BCUT2D eigenvalue weighted by atomic mass is 9.95. The fraction of sp³-hybridized carbons (Fsp3) is 0.273. The minimum absolute atomic E-state index is 0.0694. The van der Waals surface area contributed by atoms with E-state index in [0.29, 0.717) is 0 Å². The van der Waals surface area contributed by atoms with Crippen LogP contribution in [-0.2, 0) is 6.42 Å². The van der Waals surface area contributed by atoms with Crippen LogP contribution in [-0.4, -0.2) is 0 Å². The summed E-state index contributed by atoms with van der Waals surface area (Å²) in [6.45, 7) is 1.91. The van der Waals surface area contributed by atoms with Crippen molar-refractivity contribution in [3.05, 3.63) is 40.7 Å². The molecule has 0 aromatic heterocycles. The monoisotopic (exact) mass is 240 g/mol. The van der Waals surface area contributed by atoms with Gasteiger partial charge in [0, 0.05) is 4.48 Å². The molecule has 0 atom stereocenters. The molecule has 0 saturated heterocycles. The summed E-state index contributed by atoms with van der Waals surface area (Å²) < 4.78 is 14.5. The van der Waals surface area contributed by atoms with E-state index in [1.807, 2.05) is 13.0 Å². The van der Waals surface area contributed by atoms with Gasteiger partial charge >= 0.3 is 0 Å². The molecule has 68 valence electrons. The molecular formula is C11H10BrF. The molecule has 13 heavy (non-hydrogen) atoms. The number of hydrogen-bond donors (Lipinski definition) is 0. The van der Waals surface area contributed by atoms with Gasteiger partial charge in [0.05, 0.1) is 0 Å². The Morgan fingerprint density at radius 2 is 2.15 bits per heavy atom. The maximum absolute atomic E-state index is 13.5. The molecule has 1 aromatic carbocycles. The summed E-state index contributed by atoms with van der Waals surface area (Å²) in [4.78, 5) is 0. The average molecular weight is 241 g/mol. The average Bonchev–Trinajstić information content (AvgIpc) is 2.07. The molecule has 0 unspecified atom stereocenters. The van der Waals surface area contributed by atoms with Gasteiger partial charge in [0.1, 0.15) is 5.82 Å². The standard InChI is InChI=1S/C11H10BrF/c1-7-5-9-8(11(13)6-7)3-2-4-10(9)12/h4-6H,2-3H2,1H3. The molecule has 0 fully saturated rings. The van der Waals surface area contributed by atoms with E-state index in [0.717, 1.165) is 34.0 Å². The second kappa shape index (κ2) is 3.26. The zero-order valence-electron chi connectivity index (χ0n) is 7.40. The van der Waals surface area contributed by atoms with E-state index in [1.54, 1.807) is 6.07 Å². The summed E-state index contributed by atoms with van der Waals surface area (Å²) >= 11 is 3.45. The summed E-state index contributed by atoms with van der Waals surface area (Å²) in [6, 6.07) is 3.63. The van der Waals surface area contributed by atoms with Crippen LogP contribution in [0.2, 0.25) is 0 Å². The van der Waals surface area contributed by atoms with Crippen LogP contribution in [0.1, 0.15) is 23.1 Å². The molecule has 0 saturated carbocycles. The van der Waals surface area contributed by atoms with Gasteiger partial charge in [-0.25, -0.2) is 4.39 Å². The first-order valence-electron chi connectivity index (χ1n) is 4.33. The largest absolute Gasteiger partial charge is 0.207 e. The lowest BCUT2D eigenvalue weighted by Crippen LogP contribution is -2.01. The molecule has 1 aliphatic carbocycles. The first-order valence-corrected chi connectivity index (χ1v) is 5.13. The first-order chi connectivity index (χ1) is 6.18. The molecule has 0 amide bonds. The highest BCUT2D eigenvalue weighted by Gasteiger charge is 2.14. The van der Waals surface area contributed by atoms with E-state index in [-0.39, 0.29) is 5.82 Å². The van der Waals surface area contributed by atoms with Crippen LogP contribution in [0.5, 0.6) is 0 Å². The first kappa shape index (κ1) is 8.95. The van der Waals surface area contributed by atoms with Crippen LogP contribution in [0.25, 0.3) is 4.48 Å². The summed E-state index contributed by atoms with van der Waals surface area (Å²) in [6.07, 6.45) is 3.84. The van der Waals surface area contributed by atoms with E-state index in [4.69, 9.17) is 0 Å². The van der Waals surface area contributed by atoms with E-state index >= 15 is 0 Å². The molecule has 1 aliphatic rings. The molecule has 0 radical (unpaired) electrons. The van der Waals surface area contributed by atoms with Gasteiger partial charge in [0.2, 0.25) is 0 Å². The molecule has 0 nitrogen and oxygen atoms in total. The van der Waals surface area contributed by atoms with Crippen molar-refractivity contribution in [1.82, 2.24) is 0 Å². The van der Waals surface area contributed by atoms with Gasteiger partial charge in [0.25, 0.3) is 0 Å². The van der Waals surface area contributed by atoms with Crippen molar-refractivity contribution in [3.63, 3.8) is 0 Å². The van der Waals surface area contributed by atoms with E-state index < -0.39 is 0 Å². The fourth-order valence-corrected chi connectivity index (χ4v) is 2.28. The Kier molecular flexibility index (Phi) is 2.24. The van der Waals surface area contributed by atoms with Crippen molar-refractivity contribution in [2.75, 3.05) is 0 Å². The van der Waals surface area contributed by atoms with Gasteiger partial charge in [-0.3, -0.25) is 0 Å². The Bertz CT molecular complexity index is 380. The lowest BCUT2D eigenvalue weighted by Gasteiger charge is -2.15. The highest BCUT2D eigenvalue weighted by molar-refractivity contribution is 9.15. The highest BCUT2D eigenvalue weighted by Crippen LogP contribution is 2.32. The second-order valence-electron chi connectivity index (χ2n) is 3.36. The minimum Gasteiger partial charge on any atom is -0.207 e. The molecule has 0 aliphatic heterocycles. The number of benzene rings is 1. The Morgan fingerprint density at radius 3 is 2.92 bits per heavy atom. The van der Waals surface area contributed by atoms with Crippen LogP contribution in [0, 0.1) is 12.7 Å². The van der Waals surface area contributed by atoms with Gasteiger partial charge < -0.3 is 0 Å². The summed E-state index contributed by atoms with van der Waals surface area (Å²) in [5.74, 6) is -0.0694. The van der Waals surface area contributed by atoms with Crippen molar-refractivity contribution in [3.8, 4) is 0 Å². The topological polar surface area (TPSA) is 0 Å². The van der Waals surface area contributed by atoms with Gasteiger partial charge in [-0.15, -0.1) is 0 Å².